The van der Waals surface area contributed by atoms with Gasteiger partial charge < -0.3 is 15.0 Å². The molecule has 0 spiro atoms. The van der Waals surface area contributed by atoms with E-state index in [2.05, 4.69) is 23.5 Å². The quantitative estimate of drug-likeness (QED) is 0.373. The van der Waals surface area contributed by atoms with Crippen molar-refractivity contribution >= 4 is 5.71 Å². The molecule has 5 nitrogen and oxygen atoms in total. The van der Waals surface area contributed by atoms with Gasteiger partial charge in [-0.05, 0) is 33.0 Å². The Hall–Kier alpha value is -1.58. The molecule has 0 saturated heterocycles. The maximum Gasteiger partial charge on any atom is 0.359 e. The molecule has 0 fully saturated rings. The van der Waals surface area contributed by atoms with Crippen molar-refractivity contribution in [2.75, 3.05) is 27.3 Å². The molecular weight excluding hydrogens is 266 g/mol. The molecule has 1 unspecified atom stereocenters. The molecule has 0 aromatic heterocycles. The topological polar surface area (TPSA) is 58.1 Å². The van der Waals surface area contributed by atoms with E-state index in [-0.39, 0.29) is 6.04 Å². The Morgan fingerprint density at radius 2 is 1.76 bits per heavy atom. The smallest absolute Gasteiger partial charge is 0.359 e. The Morgan fingerprint density at radius 3 is 2.29 bits per heavy atom. The van der Waals surface area contributed by atoms with Gasteiger partial charge in [-0.25, -0.2) is 0 Å². The molecule has 118 valence electrons. The monoisotopic (exact) mass is 293 g/mol. The van der Waals surface area contributed by atoms with E-state index >= 15 is 0 Å². The van der Waals surface area contributed by atoms with Gasteiger partial charge in [-0.2, -0.15) is 4.79 Å². The van der Waals surface area contributed by atoms with E-state index in [4.69, 9.17) is 9.47 Å². The zero-order chi connectivity index (χ0) is 15.7. The van der Waals surface area contributed by atoms with Crippen molar-refractivity contribution in [3.63, 3.8) is 0 Å². The first-order chi connectivity index (χ1) is 10.1. The third-order valence-electron chi connectivity index (χ3n) is 3.32. The summed E-state index contributed by atoms with van der Waals surface area (Å²) in [5.41, 5.74) is 9.61. The molecule has 0 saturated carbocycles. The SMILES string of the molecule is CCCCOC1=CC(N(C)C)C(OCCCC)=CC1=[N+]=[N-]. The minimum Gasteiger partial charge on any atom is -0.496 e. The molecule has 0 amide bonds. The van der Waals surface area contributed by atoms with E-state index in [1.165, 1.54) is 0 Å². The highest BCUT2D eigenvalue weighted by Gasteiger charge is 2.29. The summed E-state index contributed by atoms with van der Waals surface area (Å²) in [6.07, 6.45) is 7.85. The molecule has 0 aromatic carbocycles. The summed E-state index contributed by atoms with van der Waals surface area (Å²) in [5.74, 6) is 1.41. The summed E-state index contributed by atoms with van der Waals surface area (Å²) in [6.45, 7) is 5.54. The molecule has 21 heavy (non-hydrogen) atoms. The summed E-state index contributed by atoms with van der Waals surface area (Å²) in [7, 11) is 3.98. The van der Waals surface area contributed by atoms with Gasteiger partial charge in [0.1, 0.15) is 5.76 Å². The lowest BCUT2D eigenvalue weighted by molar-refractivity contribution is -0.00910. The fourth-order valence-corrected chi connectivity index (χ4v) is 1.99. The molecule has 0 bridgehead atoms. The molecule has 0 aromatic rings. The maximum atomic E-state index is 9.19. The summed E-state index contributed by atoms with van der Waals surface area (Å²) in [6, 6.07) is 0.00369. The molecule has 5 heteroatoms. The lowest BCUT2D eigenvalue weighted by Gasteiger charge is -2.26. The largest absolute Gasteiger partial charge is 0.496 e. The molecule has 0 radical (unpaired) electrons. The van der Waals surface area contributed by atoms with E-state index in [9.17, 15) is 5.53 Å². The van der Waals surface area contributed by atoms with Gasteiger partial charge in [0.05, 0.1) is 25.3 Å². The van der Waals surface area contributed by atoms with Gasteiger partial charge in [-0.3, -0.25) is 4.90 Å². The second-order valence-electron chi connectivity index (χ2n) is 5.38. The van der Waals surface area contributed by atoms with Gasteiger partial charge in [-0.1, -0.05) is 26.7 Å². The zero-order valence-corrected chi connectivity index (χ0v) is 13.6. The van der Waals surface area contributed by atoms with Crippen LogP contribution in [0.3, 0.4) is 0 Å². The Bertz CT molecular complexity index is 435. The lowest BCUT2D eigenvalue weighted by Crippen LogP contribution is -2.33. The van der Waals surface area contributed by atoms with Crippen LogP contribution in [0, 0.1) is 0 Å². The number of ether oxygens (including phenoxy) is 2. The van der Waals surface area contributed by atoms with Crippen LogP contribution in [0.5, 0.6) is 0 Å². The van der Waals surface area contributed by atoms with E-state index in [0.717, 1.165) is 31.4 Å². The fourth-order valence-electron chi connectivity index (χ4n) is 1.99. The van der Waals surface area contributed by atoms with Crippen LogP contribution in [-0.2, 0) is 9.47 Å². The minimum atomic E-state index is 0.00369. The Labute approximate surface area is 127 Å². The first-order valence-electron chi connectivity index (χ1n) is 7.71. The van der Waals surface area contributed by atoms with Crippen molar-refractivity contribution in [2.24, 2.45) is 0 Å². The van der Waals surface area contributed by atoms with Crippen LogP contribution in [-0.4, -0.2) is 48.8 Å². The molecule has 0 aliphatic heterocycles. The summed E-state index contributed by atoms with van der Waals surface area (Å²) >= 11 is 0. The van der Waals surface area contributed by atoms with Gasteiger partial charge in [0.25, 0.3) is 0 Å². The van der Waals surface area contributed by atoms with Gasteiger partial charge in [0, 0.05) is 0 Å². The normalized spacial score (nSPS) is 18.1. The molecule has 1 atom stereocenters. The van der Waals surface area contributed by atoms with Crippen molar-refractivity contribution in [1.29, 1.82) is 0 Å². The predicted molar refractivity (Wildman–Crippen MR) is 84.0 cm³/mol. The molecule has 1 rings (SSSR count). The van der Waals surface area contributed by atoms with E-state index in [1.807, 2.05) is 20.2 Å². The number of hydrogen-bond acceptors (Lipinski definition) is 3. The third-order valence-corrected chi connectivity index (χ3v) is 3.32. The molecule has 1 aliphatic rings. The number of rotatable bonds is 9. The molecule has 0 heterocycles. The number of hydrogen-bond donors (Lipinski definition) is 0. The second-order valence-corrected chi connectivity index (χ2v) is 5.38. The van der Waals surface area contributed by atoms with Crippen molar-refractivity contribution in [3.05, 3.63) is 29.2 Å². The van der Waals surface area contributed by atoms with Gasteiger partial charge >= 0.3 is 5.71 Å². The van der Waals surface area contributed by atoms with Crippen LogP contribution in [0.25, 0.3) is 5.53 Å². The number of likely N-dealkylation sites (N-methyl/N-ethyl adjacent to an activating group) is 1. The highest BCUT2D eigenvalue weighted by atomic mass is 16.5. The molecule has 1 aliphatic carbocycles. The van der Waals surface area contributed by atoms with Crippen molar-refractivity contribution in [2.45, 2.75) is 45.6 Å². The number of allylic oxidation sites excluding steroid dienone is 1. The van der Waals surface area contributed by atoms with Gasteiger partial charge in [0.2, 0.25) is 5.76 Å². The first kappa shape index (κ1) is 17.5. The number of unbranched alkanes of at least 4 members (excludes halogenated alkanes) is 2. The van der Waals surface area contributed by atoms with E-state index in [0.29, 0.717) is 24.7 Å². The van der Waals surface area contributed by atoms with Crippen molar-refractivity contribution in [1.82, 2.24) is 4.90 Å². The second kappa shape index (κ2) is 9.37. The minimum absolute atomic E-state index is 0.00369. The Morgan fingerprint density at radius 1 is 1.14 bits per heavy atom. The average Bonchev–Trinajstić information content (AvgIpc) is 2.48. The molecular formula is C16H27N3O2. The van der Waals surface area contributed by atoms with Gasteiger partial charge in [0.15, 0.2) is 0 Å². The summed E-state index contributed by atoms with van der Waals surface area (Å²) in [4.78, 5) is 5.38. The van der Waals surface area contributed by atoms with Crippen LogP contribution >= 0.6 is 0 Å². The first-order valence-corrected chi connectivity index (χ1v) is 7.71. The standard InChI is InChI=1S/C16H27N3O2/c1-5-7-9-20-15-12-14(19(3)4)16(11-13(15)18-17)21-10-8-6-2/h11-12,14H,5-10H2,1-4H3. The third kappa shape index (κ3) is 5.37. The van der Waals surface area contributed by atoms with Crippen LogP contribution in [0.4, 0.5) is 0 Å². The van der Waals surface area contributed by atoms with Crippen LogP contribution < -0.4 is 0 Å². The van der Waals surface area contributed by atoms with Crippen molar-refractivity contribution < 1.29 is 14.3 Å². The van der Waals surface area contributed by atoms with E-state index in [1.54, 1.807) is 6.08 Å². The average molecular weight is 293 g/mol. The number of nitrogens with zero attached hydrogens (tertiary/aromatic N) is 3. The predicted octanol–water partition coefficient (Wildman–Crippen LogP) is 3.00. The highest BCUT2D eigenvalue weighted by Crippen LogP contribution is 2.21. The highest BCUT2D eigenvalue weighted by molar-refractivity contribution is 6.04. The maximum absolute atomic E-state index is 9.19. The fraction of sp³-hybridized carbons (Fsp3) is 0.688. The van der Waals surface area contributed by atoms with Crippen LogP contribution in [0.2, 0.25) is 0 Å². The Kier molecular flexibility index (Phi) is 7.80. The molecule has 0 N–H and O–H groups in total. The van der Waals surface area contributed by atoms with Crippen LogP contribution in [0.1, 0.15) is 39.5 Å². The van der Waals surface area contributed by atoms with Crippen molar-refractivity contribution in [3.8, 4) is 0 Å². The summed E-state index contributed by atoms with van der Waals surface area (Å²) in [5, 5.41) is 0. The van der Waals surface area contributed by atoms with Crippen LogP contribution in [0.15, 0.2) is 23.7 Å². The lowest BCUT2D eigenvalue weighted by atomic mass is 10.0. The van der Waals surface area contributed by atoms with E-state index < -0.39 is 0 Å². The van der Waals surface area contributed by atoms with Gasteiger partial charge in [-0.15, -0.1) is 0 Å². The summed E-state index contributed by atoms with van der Waals surface area (Å²) < 4.78 is 11.6. The zero-order valence-electron chi connectivity index (χ0n) is 13.6. The Balaban J connectivity index is 2.84.